The number of alkyl halides is 3. The molecule has 9 heteroatoms. The maximum absolute atomic E-state index is 11.9. The number of aromatic nitrogens is 2. The molecule has 1 aromatic heterocycles. The van der Waals surface area contributed by atoms with Crippen LogP contribution in [0, 0.1) is 0 Å². The van der Waals surface area contributed by atoms with E-state index in [9.17, 15) is 13.2 Å². The summed E-state index contributed by atoms with van der Waals surface area (Å²) in [7, 11) is 0. The first-order chi connectivity index (χ1) is 7.43. The molecule has 0 saturated carbocycles. The topological polar surface area (TPSA) is 96.1 Å². The normalized spacial score (nSPS) is 13.3. The number of anilines is 2. The van der Waals surface area contributed by atoms with Gasteiger partial charge < -0.3 is 10.4 Å². The lowest BCUT2D eigenvalue weighted by atomic mass is 10.3. The molecule has 0 amide bonds. The van der Waals surface area contributed by atoms with Crippen LogP contribution in [0.2, 0.25) is 0 Å². The van der Waals surface area contributed by atoms with Gasteiger partial charge in [0.05, 0.1) is 6.54 Å². The first-order valence-corrected chi connectivity index (χ1v) is 4.22. The Kier molecular flexibility index (Phi) is 3.85. The summed E-state index contributed by atoms with van der Waals surface area (Å²) < 4.78 is 35.8. The molecule has 1 atom stereocenters. The van der Waals surface area contributed by atoms with Gasteiger partial charge in [-0.3, -0.25) is 5.43 Å². The van der Waals surface area contributed by atoms with E-state index in [1.807, 2.05) is 0 Å². The van der Waals surface area contributed by atoms with Crippen LogP contribution >= 0.6 is 0 Å². The van der Waals surface area contributed by atoms with Gasteiger partial charge in [-0.05, 0) is 6.07 Å². The first kappa shape index (κ1) is 12.5. The molecule has 0 spiro atoms. The van der Waals surface area contributed by atoms with E-state index in [1.54, 1.807) is 0 Å². The maximum Gasteiger partial charge on any atom is 0.416 e. The zero-order chi connectivity index (χ0) is 12.2. The molecule has 0 saturated heterocycles. The van der Waals surface area contributed by atoms with E-state index in [0.717, 1.165) is 0 Å². The number of nitrogens with two attached hydrogens (primary N) is 1. The van der Waals surface area contributed by atoms with Crippen LogP contribution < -0.4 is 16.6 Å². The number of hydrogen-bond donors (Lipinski definition) is 4. The summed E-state index contributed by atoms with van der Waals surface area (Å²) >= 11 is 0. The Labute approximate surface area is 88.7 Å². The summed E-state index contributed by atoms with van der Waals surface area (Å²) in [6.07, 6.45) is -5.80. The Balaban J connectivity index is 2.54. The molecule has 0 radical (unpaired) electrons. The van der Waals surface area contributed by atoms with Crippen molar-refractivity contribution >= 4 is 11.8 Å². The average molecular weight is 237 g/mol. The summed E-state index contributed by atoms with van der Waals surface area (Å²) in [6.45, 7) is -0.690. The van der Waals surface area contributed by atoms with Crippen molar-refractivity contribution in [3.63, 3.8) is 0 Å². The van der Waals surface area contributed by atoms with Gasteiger partial charge >= 0.3 is 6.18 Å². The number of nitrogens with one attached hydrogen (secondary N) is 2. The molecule has 16 heavy (non-hydrogen) atoms. The average Bonchev–Trinajstić information content (AvgIpc) is 2.25. The fraction of sp³-hybridized carbons (Fsp3) is 0.429. The third-order valence-electron chi connectivity index (χ3n) is 1.64. The monoisotopic (exact) mass is 237 g/mol. The van der Waals surface area contributed by atoms with Gasteiger partial charge in [-0.1, -0.05) is 0 Å². The summed E-state index contributed by atoms with van der Waals surface area (Å²) in [5.41, 5.74) is 2.14. The summed E-state index contributed by atoms with van der Waals surface area (Å²) in [6, 6.07) is 1.35. The minimum Gasteiger partial charge on any atom is -0.382 e. The van der Waals surface area contributed by atoms with Crippen LogP contribution in [0.1, 0.15) is 0 Å². The van der Waals surface area contributed by atoms with Gasteiger partial charge in [0.2, 0.25) is 5.95 Å². The van der Waals surface area contributed by atoms with Crippen molar-refractivity contribution in [3.8, 4) is 0 Å². The first-order valence-electron chi connectivity index (χ1n) is 4.22. The van der Waals surface area contributed by atoms with Gasteiger partial charge in [0.25, 0.3) is 0 Å². The van der Waals surface area contributed by atoms with Gasteiger partial charge in [0, 0.05) is 6.20 Å². The van der Waals surface area contributed by atoms with Crippen molar-refractivity contribution in [1.82, 2.24) is 9.97 Å². The smallest absolute Gasteiger partial charge is 0.382 e. The van der Waals surface area contributed by atoms with Crippen LogP contribution in [0.15, 0.2) is 12.3 Å². The lowest BCUT2D eigenvalue weighted by molar-refractivity contribution is -0.198. The molecule has 0 aromatic carbocycles. The quantitative estimate of drug-likeness (QED) is 0.438. The minimum atomic E-state index is -4.66. The van der Waals surface area contributed by atoms with Gasteiger partial charge in [0.15, 0.2) is 6.10 Å². The van der Waals surface area contributed by atoms with E-state index in [2.05, 4.69) is 20.7 Å². The Morgan fingerprint density at radius 1 is 1.50 bits per heavy atom. The van der Waals surface area contributed by atoms with Gasteiger partial charge in [-0.15, -0.1) is 0 Å². The molecule has 0 aliphatic heterocycles. The van der Waals surface area contributed by atoms with Gasteiger partial charge in [-0.25, -0.2) is 10.8 Å². The number of aliphatic hydroxyl groups excluding tert-OH is 1. The lowest BCUT2D eigenvalue weighted by Gasteiger charge is -2.15. The van der Waals surface area contributed by atoms with E-state index in [0.29, 0.717) is 0 Å². The maximum atomic E-state index is 11.9. The zero-order valence-corrected chi connectivity index (χ0v) is 7.99. The molecule has 0 bridgehead atoms. The number of aliphatic hydroxyl groups is 1. The molecule has 0 fully saturated rings. The summed E-state index contributed by atoms with van der Waals surface area (Å²) in [5.74, 6) is 5.20. The van der Waals surface area contributed by atoms with Crippen molar-refractivity contribution in [2.45, 2.75) is 12.3 Å². The molecule has 1 unspecified atom stereocenters. The zero-order valence-electron chi connectivity index (χ0n) is 7.99. The van der Waals surface area contributed by atoms with E-state index in [4.69, 9.17) is 10.9 Å². The van der Waals surface area contributed by atoms with Crippen molar-refractivity contribution in [1.29, 1.82) is 0 Å². The van der Waals surface area contributed by atoms with E-state index in [-0.39, 0.29) is 11.8 Å². The number of hydrogen-bond acceptors (Lipinski definition) is 6. The fourth-order valence-electron chi connectivity index (χ4n) is 0.844. The molecular weight excluding hydrogens is 227 g/mol. The second kappa shape index (κ2) is 4.94. The summed E-state index contributed by atoms with van der Waals surface area (Å²) in [4.78, 5) is 7.37. The molecule has 6 nitrogen and oxygen atoms in total. The molecular formula is C7H10F3N5O. The highest BCUT2D eigenvalue weighted by molar-refractivity contribution is 5.38. The highest BCUT2D eigenvalue weighted by Gasteiger charge is 2.37. The van der Waals surface area contributed by atoms with Crippen molar-refractivity contribution in [2.24, 2.45) is 5.84 Å². The number of nitrogens with zero attached hydrogens (tertiary/aromatic N) is 2. The van der Waals surface area contributed by atoms with Gasteiger partial charge in [0.1, 0.15) is 5.82 Å². The second-order valence-corrected chi connectivity index (χ2v) is 2.85. The van der Waals surface area contributed by atoms with Crippen molar-refractivity contribution in [3.05, 3.63) is 12.3 Å². The number of nitrogen functional groups attached to an aromatic ring is 1. The van der Waals surface area contributed by atoms with Gasteiger partial charge in [-0.2, -0.15) is 18.2 Å². The Hall–Kier alpha value is -1.61. The van der Waals surface area contributed by atoms with Crippen LogP contribution in [-0.2, 0) is 0 Å². The van der Waals surface area contributed by atoms with Crippen molar-refractivity contribution < 1.29 is 18.3 Å². The van der Waals surface area contributed by atoms with Crippen LogP contribution in [-0.4, -0.2) is 33.9 Å². The summed E-state index contributed by atoms with van der Waals surface area (Å²) in [5, 5.41) is 11.0. The molecule has 5 N–H and O–H groups in total. The Morgan fingerprint density at radius 3 is 2.75 bits per heavy atom. The highest BCUT2D eigenvalue weighted by atomic mass is 19.4. The van der Waals surface area contributed by atoms with Crippen LogP contribution in [0.3, 0.4) is 0 Å². The SMILES string of the molecule is NNc1nccc(NCC(O)C(F)(F)F)n1. The Morgan fingerprint density at radius 2 is 2.19 bits per heavy atom. The molecule has 1 aromatic rings. The number of hydrazine groups is 1. The van der Waals surface area contributed by atoms with E-state index in [1.165, 1.54) is 12.3 Å². The molecule has 0 aliphatic rings. The number of rotatable bonds is 4. The molecule has 90 valence electrons. The fourth-order valence-corrected chi connectivity index (χ4v) is 0.844. The standard InChI is InChI=1S/C7H10F3N5O/c8-7(9,10)4(16)3-13-5-1-2-12-6(14-5)15-11/h1-2,4,16H,3,11H2,(H2,12,13,14,15). The predicted octanol–water partition coefficient (Wildman–Crippen LogP) is 0.0973. The second-order valence-electron chi connectivity index (χ2n) is 2.85. The number of halogens is 3. The lowest BCUT2D eigenvalue weighted by Crippen LogP contribution is -2.35. The molecule has 1 rings (SSSR count). The molecule has 0 aliphatic carbocycles. The van der Waals surface area contributed by atoms with E-state index >= 15 is 0 Å². The Bertz CT molecular complexity index is 345. The van der Waals surface area contributed by atoms with Crippen LogP contribution in [0.4, 0.5) is 24.9 Å². The van der Waals surface area contributed by atoms with E-state index < -0.39 is 18.8 Å². The van der Waals surface area contributed by atoms with Crippen LogP contribution in [0.5, 0.6) is 0 Å². The van der Waals surface area contributed by atoms with Crippen LogP contribution in [0.25, 0.3) is 0 Å². The van der Waals surface area contributed by atoms with Crippen molar-refractivity contribution in [2.75, 3.05) is 17.3 Å². The molecule has 1 heterocycles. The minimum absolute atomic E-state index is 0.0616. The third-order valence-corrected chi connectivity index (χ3v) is 1.64. The predicted molar refractivity (Wildman–Crippen MR) is 50.4 cm³/mol. The largest absolute Gasteiger partial charge is 0.416 e. The third kappa shape index (κ3) is 3.51. The highest BCUT2D eigenvalue weighted by Crippen LogP contribution is 2.20.